The van der Waals surface area contributed by atoms with Gasteiger partial charge in [0.1, 0.15) is 10.9 Å². The summed E-state index contributed by atoms with van der Waals surface area (Å²) in [5, 5.41) is 5.94. The number of anilines is 3. The molecule has 26 heteroatoms. The highest BCUT2D eigenvalue weighted by atomic mass is 35.5. The standard InChI is InChI=1S/C67H75ClF3N9O10S3/c68-49-10-6-46(7-11-49)55-20-24-66(25-29-77(44-66)41-45-21-27-78(28-22-45)52-14-16-56-57(38-52)65(85)80(64(56)84)59-18-19-61(81)73-63(59)83)40-48(55)42-76-30-32-79(33-31-76)51-12-8-47(9-13-51)62(82)74-93(88,89)54-15-17-58(60(39-54)92(86,87)67(69,70)71)72-50(23-26-75-34-36-90-37-35-75)43-91-53-4-2-1-3-5-53/h1-17,38-39,45,50,59,72H,18-37,40-44H2,(H,74,82)(H,73,81,83)/t50-,59?,66?/m1/s1. The number of benzene rings is 5. The molecule has 0 aromatic heterocycles. The third-order valence-corrected chi connectivity index (χ3v) is 23.6. The van der Waals surface area contributed by atoms with E-state index in [1.54, 1.807) is 24.3 Å². The first kappa shape index (κ1) is 66.2. The Kier molecular flexibility index (Phi) is 19.8. The molecule has 5 saturated heterocycles. The van der Waals surface area contributed by atoms with Crippen LogP contribution in [0.5, 0.6) is 0 Å². The van der Waals surface area contributed by atoms with Gasteiger partial charge in [-0.15, -0.1) is 11.8 Å². The summed E-state index contributed by atoms with van der Waals surface area (Å²) in [5.74, 6) is -2.26. The van der Waals surface area contributed by atoms with Crippen molar-refractivity contribution < 1.29 is 58.7 Å². The normalized spacial score (nSPS) is 22.0. The number of nitrogens with one attached hydrogen (secondary N) is 3. The number of carbonyl (C=O) groups excluding carboxylic acids is 5. The lowest BCUT2D eigenvalue weighted by molar-refractivity contribution is -0.136. The molecule has 5 amide bonds. The quantitative estimate of drug-likeness (QED) is 0.0490. The van der Waals surface area contributed by atoms with Crippen molar-refractivity contribution in [2.24, 2.45) is 11.3 Å². The van der Waals surface area contributed by atoms with Gasteiger partial charge < -0.3 is 24.8 Å². The number of piperazine rings is 1. The third-order valence-electron chi connectivity index (χ3n) is 19.4. The topological polar surface area (TPSA) is 218 Å². The van der Waals surface area contributed by atoms with Crippen LogP contribution in [0.25, 0.3) is 5.57 Å². The van der Waals surface area contributed by atoms with Crippen molar-refractivity contribution in [3.05, 3.63) is 148 Å². The maximum atomic E-state index is 14.4. The number of amides is 5. The summed E-state index contributed by atoms with van der Waals surface area (Å²) >= 11 is 7.83. The van der Waals surface area contributed by atoms with E-state index in [9.17, 15) is 54.0 Å². The van der Waals surface area contributed by atoms with E-state index in [-0.39, 0.29) is 34.9 Å². The highest BCUT2D eigenvalue weighted by Gasteiger charge is 2.49. The molecule has 494 valence electrons. The number of fused-ring (bicyclic) bond motifs is 1. The summed E-state index contributed by atoms with van der Waals surface area (Å²) in [7, 11) is -11.0. The van der Waals surface area contributed by atoms with E-state index in [2.05, 4.69) is 47.3 Å². The number of thioether (sulfide) groups is 1. The van der Waals surface area contributed by atoms with Crippen LogP contribution < -0.4 is 25.2 Å². The predicted molar refractivity (Wildman–Crippen MR) is 350 cm³/mol. The lowest BCUT2D eigenvalue weighted by Gasteiger charge is -2.41. The molecule has 0 saturated carbocycles. The number of nitrogens with zero attached hydrogens (tertiary/aromatic N) is 6. The Labute approximate surface area is 549 Å². The third kappa shape index (κ3) is 15.0. The van der Waals surface area contributed by atoms with E-state index in [0.717, 1.165) is 124 Å². The van der Waals surface area contributed by atoms with Crippen molar-refractivity contribution in [1.82, 2.24) is 29.6 Å². The van der Waals surface area contributed by atoms with E-state index >= 15 is 0 Å². The Bertz CT molecular complexity index is 3900. The number of allylic oxidation sites excluding steroid dienone is 1. The van der Waals surface area contributed by atoms with Crippen molar-refractivity contribution in [1.29, 1.82) is 0 Å². The average Bonchev–Trinajstić information content (AvgIpc) is 1.74. The summed E-state index contributed by atoms with van der Waals surface area (Å²) in [6.07, 6.45) is 6.70. The summed E-state index contributed by atoms with van der Waals surface area (Å²) in [6.45, 7) is 11.3. The molecule has 5 aromatic carbocycles. The molecule has 7 aliphatic rings. The van der Waals surface area contributed by atoms with Gasteiger partial charge in [-0.1, -0.05) is 47.5 Å². The Morgan fingerprint density at radius 2 is 1.43 bits per heavy atom. The van der Waals surface area contributed by atoms with Gasteiger partial charge in [0.25, 0.3) is 37.6 Å². The van der Waals surface area contributed by atoms with E-state index in [4.69, 9.17) is 16.3 Å². The van der Waals surface area contributed by atoms with Crippen molar-refractivity contribution in [3.63, 3.8) is 0 Å². The van der Waals surface area contributed by atoms with E-state index in [1.807, 2.05) is 53.3 Å². The second-order valence-corrected chi connectivity index (χ2v) is 30.5. The molecule has 12 rings (SSSR count). The number of alkyl halides is 3. The van der Waals surface area contributed by atoms with E-state index in [1.165, 1.54) is 40.6 Å². The minimum atomic E-state index is -6.10. The van der Waals surface area contributed by atoms with E-state index < -0.39 is 82.5 Å². The maximum Gasteiger partial charge on any atom is 0.501 e. The number of likely N-dealkylation sites (tertiary alicyclic amines) is 1. The monoisotopic (exact) mass is 1350 g/mol. The fraction of sp³-hybridized carbons (Fsp3) is 0.448. The van der Waals surface area contributed by atoms with Gasteiger partial charge >= 0.3 is 5.51 Å². The lowest BCUT2D eigenvalue weighted by atomic mass is 9.69. The van der Waals surface area contributed by atoms with Gasteiger partial charge in [-0.3, -0.25) is 44.0 Å². The highest BCUT2D eigenvalue weighted by Crippen LogP contribution is 2.49. The van der Waals surface area contributed by atoms with Crippen LogP contribution >= 0.6 is 23.4 Å². The number of morpholine rings is 1. The van der Waals surface area contributed by atoms with Crippen molar-refractivity contribution >= 4 is 95.4 Å². The number of rotatable bonds is 20. The first-order chi connectivity index (χ1) is 44.6. The first-order valence-electron chi connectivity index (χ1n) is 31.7. The van der Waals surface area contributed by atoms with Crippen LogP contribution in [-0.4, -0.2) is 188 Å². The van der Waals surface area contributed by atoms with Crippen LogP contribution in [0.4, 0.5) is 30.2 Å². The van der Waals surface area contributed by atoms with Crippen LogP contribution in [0.15, 0.2) is 136 Å². The summed E-state index contributed by atoms with van der Waals surface area (Å²) in [4.78, 5) is 76.5. The number of carbonyl (C=O) groups is 5. The number of piperidine rings is 2. The van der Waals surface area contributed by atoms with Gasteiger partial charge in [0.15, 0.2) is 0 Å². The molecule has 3 atom stereocenters. The van der Waals surface area contributed by atoms with Crippen LogP contribution in [0, 0.1) is 11.3 Å². The van der Waals surface area contributed by atoms with Crippen LogP contribution in [0.1, 0.15) is 94.4 Å². The van der Waals surface area contributed by atoms with Crippen molar-refractivity contribution in [2.75, 3.05) is 119 Å². The average molecular weight is 1360 g/mol. The molecule has 3 N–H and O–H groups in total. The van der Waals surface area contributed by atoms with Gasteiger partial charge in [0, 0.05) is 124 Å². The molecule has 1 spiro atoms. The fourth-order valence-corrected chi connectivity index (χ4v) is 17.4. The molecule has 5 aromatic rings. The first-order valence-corrected chi connectivity index (χ1v) is 36.1. The number of ether oxygens (including phenoxy) is 1. The van der Waals surface area contributed by atoms with Gasteiger partial charge in [-0.2, -0.15) is 13.2 Å². The molecule has 6 heterocycles. The summed E-state index contributed by atoms with van der Waals surface area (Å²) in [6, 6.07) is 30.1. The second-order valence-electron chi connectivity index (χ2n) is 25.4. The Morgan fingerprint density at radius 1 is 0.731 bits per heavy atom. The van der Waals surface area contributed by atoms with Crippen LogP contribution in [0.3, 0.4) is 0 Å². The molecular formula is C67H75ClF3N9O10S3. The largest absolute Gasteiger partial charge is 0.501 e. The smallest absolute Gasteiger partial charge is 0.380 e. The molecule has 93 heavy (non-hydrogen) atoms. The SMILES string of the molecule is O=C1CCC(N2C(=O)c3ccc(N4CCC(CN5CCC6(CCC(c7ccc(Cl)cc7)=C(CN7CCN(c8ccc(C(=O)NS(=O)(=O)c9ccc(N[C@H](CCN%10CCOCC%10)CSc%10ccccc%10)c(S(=O)(=O)C(F)(F)F)c9)cc8)CC7)C6)C5)CC4)cc3C2=O)C(=O)N1. The zero-order valence-electron chi connectivity index (χ0n) is 51.4. The van der Waals surface area contributed by atoms with Crippen LogP contribution in [-0.2, 0) is 34.2 Å². The maximum absolute atomic E-state index is 14.4. The number of sulfonamides is 1. The molecule has 6 aliphatic heterocycles. The number of halogens is 4. The summed E-state index contributed by atoms with van der Waals surface area (Å²) in [5.41, 5.74) is 0.170. The zero-order chi connectivity index (χ0) is 65.2. The minimum Gasteiger partial charge on any atom is -0.380 e. The van der Waals surface area contributed by atoms with Gasteiger partial charge in [0.2, 0.25) is 11.8 Å². The number of imide groups is 2. The molecular weight excluding hydrogens is 1280 g/mol. The Balaban J connectivity index is 0.650. The van der Waals surface area contributed by atoms with Gasteiger partial charge in [0.05, 0.1) is 34.9 Å². The number of hydrogen-bond acceptors (Lipinski definition) is 17. The molecule has 0 bridgehead atoms. The Morgan fingerprint density at radius 3 is 2.14 bits per heavy atom. The zero-order valence-corrected chi connectivity index (χ0v) is 54.6. The molecule has 0 radical (unpaired) electrons. The van der Waals surface area contributed by atoms with Crippen molar-refractivity contribution in [3.8, 4) is 0 Å². The number of hydrogen-bond donors (Lipinski definition) is 3. The second kappa shape index (κ2) is 27.9. The minimum absolute atomic E-state index is 0.0279. The predicted octanol–water partition coefficient (Wildman–Crippen LogP) is 8.82. The van der Waals surface area contributed by atoms with Crippen molar-refractivity contribution in [2.45, 2.75) is 90.1 Å². The van der Waals surface area contributed by atoms with E-state index in [0.29, 0.717) is 75.1 Å². The fourth-order valence-electron chi connectivity index (χ4n) is 14.2. The summed E-state index contributed by atoms with van der Waals surface area (Å²) < 4.78 is 105. The van der Waals surface area contributed by atoms with Crippen LogP contribution in [0.2, 0.25) is 5.02 Å². The lowest BCUT2D eigenvalue weighted by Crippen LogP contribution is -2.54. The highest BCUT2D eigenvalue weighted by molar-refractivity contribution is 7.99. The number of sulfone groups is 1. The molecule has 5 fully saturated rings. The molecule has 1 aliphatic carbocycles. The molecule has 2 unspecified atom stereocenters. The molecule has 19 nitrogen and oxygen atoms in total. The Hall–Kier alpha value is -6.84. The van der Waals surface area contributed by atoms with Gasteiger partial charge in [-0.05, 0) is 165 Å². The van der Waals surface area contributed by atoms with Gasteiger partial charge in [-0.25, -0.2) is 21.6 Å².